The molecule has 1 saturated heterocycles. The van der Waals surface area contributed by atoms with Crippen molar-refractivity contribution in [3.05, 3.63) is 34.9 Å². The Morgan fingerprint density at radius 3 is 2.72 bits per heavy atom. The van der Waals surface area contributed by atoms with Gasteiger partial charge in [0.15, 0.2) is 5.96 Å². The Hall–Kier alpha value is -0.570. The van der Waals surface area contributed by atoms with Gasteiger partial charge in [0.1, 0.15) is 0 Å². The van der Waals surface area contributed by atoms with Crippen molar-refractivity contribution in [1.82, 2.24) is 20.4 Å². The lowest BCUT2D eigenvalue weighted by molar-refractivity contribution is 0.122. The van der Waals surface area contributed by atoms with Crippen LogP contribution < -0.4 is 10.6 Å². The number of halogens is 2. The van der Waals surface area contributed by atoms with E-state index in [9.17, 15) is 0 Å². The van der Waals surface area contributed by atoms with Crippen LogP contribution in [0.5, 0.6) is 0 Å². The number of piperidine rings is 1. The molecular weight excluding hydrogens is 497 g/mol. The molecule has 1 aromatic carbocycles. The maximum Gasteiger partial charge on any atom is 0.191 e. The number of likely N-dealkylation sites (N-methyl/N-ethyl adjacent to an activating group) is 1. The molecule has 2 N–H and O–H groups in total. The Morgan fingerprint density at radius 1 is 1.31 bits per heavy atom. The fourth-order valence-electron chi connectivity index (χ4n) is 4.37. The van der Waals surface area contributed by atoms with E-state index in [2.05, 4.69) is 64.6 Å². The van der Waals surface area contributed by atoms with Crippen LogP contribution >= 0.6 is 35.6 Å². The van der Waals surface area contributed by atoms with Crippen LogP contribution in [0.4, 0.5) is 0 Å². The number of likely N-dealkylation sites (tertiary alicyclic amines) is 1. The van der Waals surface area contributed by atoms with Gasteiger partial charge in [0.25, 0.3) is 0 Å². The van der Waals surface area contributed by atoms with Gasteiger partial charge in [0, 0.05) is 43.3 Å². The third kappa shape index (κ3) is 6.97. The second-order valence-corrected chi connectivity index (χ2v) is 8.90. The molecule has 3 unspecified atom stereocenters. The zero-order chi connectivity index (χ0) is 20.1. The molecule has 3 atom stereocenters. The molecule has 1 saturated carbocycles. The molecule has 29 heavy (non-hydrogen) atoms. The second-order valence-electron chi connectivity index (χ2n) is 8.46. The number of rotatable bonds is 7. The average molecular weight is 534 g/mol. The van der Waals surface area contributed by atoms with E-state index >= 15 is 0 Å². The molecule has 2 aliphatic rings. The molecule has 1 aromatic rings. The molecule has 0 amide bonds. The topological polar surface area (TPSA) is 42.9 Å². The highest BCUT2D eigenvalue weighted by Crippen LogP contribution is 2.35. The fourth-order valence-corrected chi connectivity index (χ4v) is 4.57. The maximum absolute atomic E-state index is 6.27. The van der Waals surface area contributed by atoms with Crippen LogP contribution in [0.2, 0.25) is 5.02 Å². The molecule has 0 bridgehead atoms. The van der Waals surface area contributed by atoms with E-state index in [1.807, 2.05) is 13.1 Å². The molecule has 1 aliphatic carbocycles. The highest BCUT2D eigenvalue weighted by atomic mass is 127. The summed E-state index contributed by atoms with van der Waals surface area (Å²) in [5.41, 5.74) is 1.31. The summed E-state index contributed by atoms with van der Waals surface area (Å²) in [4.78, 5) is 9.38. The van der Waals surface area contributed by atoms with Crippen molar-refractivity contribution in [2.24, 2.45) is 10.9 Å². The highest BCUT2D eigenvalue weighted by Gasteiger charge is 2.31. The van der Waals surface area contributed by atoms with Crippen LogP contribution in [0.15, 0.2) is 29.3 Å². The monoisotopic (exact) mass is 533 g/mol. The largest absolute Gasteiger partial charge is 0.356 e. The summed E-state index contributed by atoms with van der Waals surface area (Å²) in [5, 5.41) is 7.90. The van der Waals surface area contributed by atoms with Crippen molar-refractivity contribution in [1.29, 1.82) is 0 Å². The normalized spacial score (nSPS) is 24.1. The van der Waals surface area contributed by atoms with Gasteiger partial charge in [-0.3, -0.25) is 14.8 Å². The van der Waals surface area contributed by atoms with Crippen LogP contribution in [-0.4, -0.2) is 68.6 Å². The zero-order valence-corrected chi connectivity index (χ0v) is 21.3. The lowest BCUT2D eigenvalue weighted by Gasteiger charge is -2.40. The number of benzene rings is 1. The van der Waals surface area contributed by atoms with Gasteiger partial charge in [0.05, 0.1) is 0 Å². The van der Waals surface area contributed by atoms with Gasteiger partial charge in [0.2, 0.25) is 0 Å². The first-order chi connectivity index (χ1) is 13.5. The molecule has 0 spiro atoms. The lowest BCUT2D eigenvalue weighted by atomic mass is 9.85. The summed E-state index contributed by atoms with van der Waals surface area (Å²) >= 11 is 6.27. The molecular formula is C22H37ClIN5. The van der Waals surface area contributed by atoms with E-state index in [0.29, 0.717) is 18.0 Å². The third-order valence-corrected chi connectivity index (χ3v) is 6.57. The number of nitrogens with one attached hydrogen (secondary N) is 2. The Bertz CT molecular complexity index is 666. The first-order valence-electron chi connectivity index (χ1n) is 10.6. The van der Waals surface area contributed by atoms with E-state index in [0.717, 1.165) is 36.7 Å². The van der Waals surface area contributed by atoms with Crippen LogP contribution in [0.25, 0.3) is 0 Å². The molecule has 0 aromatic heterocycles. The van der Waals surface area contributed by atoms with Crippen LogP contribution in [0, 0.1) is 5.92 Å². The van der Waals surface area contributed by atoms with E-state index in [1.165, 1.54) is 31.2 Å². The molecule has 1 aliphatic heterocycles. The Kier molecular flexibility index (Phi) is 9.98. The van der Waals surface area contributed by atoms with Crippen molar-refractivity contribution in [2.75, 3.05) is 40.8 Å². The van der Waals surface area contributed by atoms with E-state index in [4.69, 9.17) is 11.6 Å². The van der Waals surface area contributed by atoms with E-state index in [1.54, 1.807) is 0 Å². The van der Waals surface area contributed by atoms with Gasteiger partial charge in [-0.25, -0.2) is 0 Å². The fraction of sp³-hybridized carbons (Fsp3) is 0.682. The Morgan fingerprint density at radius 2 is 2.07 bits per heavy atom. The van der Waals surface area contributed by atoms with Gasteiger partial charge in [-0.05, 0) is 76.9 Å². The summed E-state index contributed by atoms with van der Waals surface area (Å²) < 4.78 is 0. The lowest BCUT2D eigenvalue weighted by Crippen LogP contribution is -2.48. The smallest absolute Gasteiger partial charge is 0.191 e. The average Bonchev–Trinajstić information content (AvgIpc) is 3.52. The minimum atomic E-state index is 0. The van der Waals surface area contributed by atoms with Crippen molar-refractivity contribution < 1.29 is 0 Å². The Labute approximate surface area is 198 Å². The number of hydrogen-bond acceptors (Lipinski definition) is 3. The van der Waals surface area contributed by atoms with Crippen molar-refractivity contribution in [3.8, 4) is 0 Å². The number of aliphatic imine (C=N–C) groups is 1. The van der Waals surface area contributed by atoms with Crippen molar-refractivity contribution in [3.63, 3.8) is 0 Å². The minimum absolute atomic E-state index is 0. The number of guanidine groups is 1. The number of nitrogens with zero attached hydrogens (tertiary/aromatic N) is 3. The second kappa shape index (κ2) is 11.7. The van der Waals surface area contributed by atoms with Crippen LogP contribution in [0.1, 0.15) is 44.2 Å². The standard InChI is InChI=1S/C22H36ClN5.HI/c1-16(28(4)20-10-11-20)14-25-22(24-2)26-15-18-8-6-12-27(3)21(18)17-7-5-9-19(23)13-17;/h5,7,9,13,16,18,20-21H,6,8,10-12,14-15H2,1-4H3,(H2,24,25,26);1H. The van der Waals surface area contributed by atoms with E-state index < -0.39 is 0 Å². The van der Waals surface area contributed by atoms with Gasteiger partial charge >= 0.3 is 0 Å². The van der Waals surface area contributed by atoms with Crippen molar-refractivity contribution >= 4 is 41.5 Å². The van der Waals surface area contributed by atoms with Gasteiger partial charge in [-0.2, -0.15) is 0 Å². The van der Waals surface area contributed by atoms with Gasteiger partial charge < -0.3 is 10.6 Å². The summed E-state index contributed by atoms with van der Waals surface area (Å²) in [7, 11) is 6.31. The molecule has 2 fully saturated rings. The third-order valence-electron chi connectivity index (χ3n) is 6.34. The number of hydrogen-bond donors (Lipinski definition) is 2. The quantitative estimate of drug-likeness (QED) is 0.316. The summed E-state index contributed by atoms with van der Waals surface area (Å²) in [6.45, 7) is 5.23. The summed E-state index contributed by atoms with van der Waals surface area (Å²) in [5.74, 6) is 1.43. The molecule has 7 heteroatoms. The molecule has 5 nitrogen and oxygen atoms in total. The molecule has 1 heterocycles. The van der Waals surface area contributed by atoms with Crippen molar-refractivity contribution in [2.45, 2.75) is 50.7 Å². The predicted molar refractivity (Wildman–Crippen MR) is 135 cm³/mol. The molecule has 0 radical (unpaired) electrons. The first kappa shape index (κ1) is 24.7. The van der Waals surface area contributed by atoms with Crippen LogP contribution in [-0.2, 0) is 0 Å². The minimum Gasteiger partial charge on any atom is -0.356 e. The van der Waals surface area contributed by atoms with Gasteiger partial charge in [-0.1, -0.05) is 23.7 Å². The van der Waals surface area contributed by atoms with E-state index in [-0.39, 0.29) is 24.0 Å². The summed E-state index contributed by atoms with van der Waals surface area (Å²) in [6, 6.07) is 10.00. The maximum atomic E-state index is 6.27. The molecule has 3 rings (SSSR count). The molecule has 164 valence electrons. The summed E-state index contributed by atoms with van der Waals surface area (Å²) in [6.07, 6.45) is 5.13. The first-order valence-corrected chi connectivity index (χ1v) is 11.0. The van der Waals surface area contributed by atoms with Crippen LogP contribution in [0.3, 0.4) is 0 Å². The van der Waals surface area contributed by atoms with Gasteiger partial charge in [-0.15, -0.1) is 24.0 Å². The predicted octanol–water partition coefficient (Wildman–Crippen LogP) is 3.99. The highest BCUT2D eigenvalue weighted by molar-refractivity contribution is 14.0. The SMILES string of the molecule is CN=C(NCC1CCCN(C)C1c1cccc(Cl)c1)NCC(C)N(C)C1CC1.I. The Balaban J connectivity index is 0.00000300. The zero-order valence-electron chi connectivity index (χ0n) is 18.2.